The van der Waals surface area contributed by atoms with Crippen molar-refractivity contribution in [2.75, 3.05) is 32.6 Å². The third-order valence-electron chi connectivity index (χ3n) is 7.81. The van der Waals surface area contributed by atoms with E-state index in [2.05, 4.69) is 45.8 Å². The van der Waals surface area contributed by atoms with Gasteiger partial charge in [0, 0.05) is 37.4 Å². The van der Waals surface area contributed by atoms with Crippen LogP contribution in [0.15, 0.2) is 85.2 Å². The Balaban J connectivity index is 1.36. The molecule has 5 rings (SSSR count). The summed E-state index contributed by atoms with van der Waals surface area (Å²) in [4.78, 5) is 26.6. The minimum atomic E-state index is -0.499. The van der Waals surface area contributed by atoms with Crippen molar-refractivity contribution in [2.24, 2.45) is 0 Å². The van der Waals surface area contributed by atoms with E-state index in [1.54, 1.807) is 19.2 Å². The molecule has 3 atom stereocenters. The monoisotopic (exact) mass is 582 g/mol. The molecule has 0 spiro atoms. The van der Waals surface area contributed by atoms with Crippen molar-refractivity contribution >= 4 is 17.9 Å². The third kappa shape index (κ3) is 7.42. The number of hydrogen-bond donors (Lipinski definition) is 1. The first-order valence-electron chi connectivity index (χ1n) is 14.5. The first kappa shape index (κ1) is 29.8. The van der Waals surface area contributed by atoms with Gasteiger partial charge in [0.15, 0.2) is 6.29 Å². The van der Waals surface area contributed by atoms with Crippen LogP contribution in [0.2, 0.25) is 0 Å². The molecule has 224 valence electrons. The summed E-state index contributed by atoms with van der Waals surface area (Å²) in [6, 6.07) is 23.1. The lowest BCUT2D eigenvalue weighted by Gasteiger charge is -2.37. The molecule has 0 amide bonds. The number of esters is 1. The second-order valence-corrected chi connectivity index (χ2v) is 10.8. The van der Waals surface area contributed by atoms with Crippen LogP contribution in [0.3, 0.4) is 0 Å². The fourth-order valence-electron chi connectivity index (χ4n) is 5.55. The number of carbonyl (C=O) groups excluding carboxylic acids is 2. The van der Waals surface area contributed by atoms with E-state index in [0.717, 1.165) is 49.3 Å². The lowest BCUT2D eigenvalue weighted by atomic mass is 9.90. The van der Waals surface area contributed by atoms with Gasteiger partial charge in [-0.2, -0.15) is 5.10 Å². The average molecular weight is 583 g/mol. The van der Waals surface area contributed by atoms with Gasteiger partial charge in [-0.25, -0.2) is 9.48 Å². The molecular formula is C34H38N4O5. The highest BCUT2D eigenvalue weighted by Gasteiger charge is 2.31. The smallest absolute Gasteiger partial charge is 0.328 e. The zero-order chi connectivity index (χ0) is 30.2. The van der Waals surface area contributed by atoms with Crippen molar-refractivity contribution in [3.8, 4) is 17.2 Å². The largest absolute Gasteiger partial charge is 0.497 e. The van der Waals surface area contributed by atoms with Crippen molar-refractivity contribution < 1.29 is 23.8 Å². The Morgan fingerprint density at radius 3 is 2.56 bits per heavy atom. The summed E-state index contributed by atoms with van der Waals surface area (Å²) in [7, 11) is 3.02. The number of likely N-dealkylation sites (tertiary alicyclic amines) is 1. The fourth-order valence-corrected chi connectivity index (χ4v) is 5.55. The Kier molecular flexibility index (Phi) is 9.73. The molecular weight excluding hydrogens is 544 g/mol. The van der Waals surface area contributed by atoms with Crippen molar-refractivity contribution in [2.45, 2.75) is 44.4 Å². The predicted molar refractivity (Wildman–Crippen MR) is 165 cm³/mol. The zero-order valence-corrected chi connectivity index (χ0v) is 24.8. The summed E-state index contributed by atoms with van der Waals surface area (Å²) in [5.41, 5.74) is 4.40. The maximum absolute atomic E-state index is 12.1. The van der Waals surface area contributed by atoms with Gasteiger partial charge in [-0.3, -0.25) is 9.69 Å². The highest BCUT2D eigenvalue weighted by atomic mass is 16.5. The van der Waals surface area contributed by atoms with Crippen LogP contribution in [0.5, 0.6) is 11.5 Å². The molecule has 0 radical (unpaired) electrons. The number of ether oxygens (including phenoxy) is 3. The maximum Gasteiger partial charge on any atom is 0.328 e. The Labute approximate surface area is 252 Å². The lowest BCUT2D eigenvalue weighted by molar-refractivity contribution is -0.141. The lowest BCUT2D eigenvalue weighted by Crippen LogP contribution is -2.44. The number of benzene rings is 3. The molecule has 1 saturated heterocycles. The molecule has 9 nitrogen and oxygen atoms in total. The van der Waals surface area contributed by atoms with Gasteiger partial charge in [-0.1, -0.05) is 37.3 Å². The van der Waals surface area contributed by atoms with Crippen LogP contribution in [0.25, 0.3) is 5.69 Å². The van der Waals surface area contributed by atoms with Gasteiger partial charge in [0.2, 0.25) is 0 Å². The Bertz CT molecular complexity index is 1500. The molecule has 1 aliphatic rings. The summed E-state index contributed by atoms with van der Waals surface area (Å²) >= 11 is 0. The summed E-state index contributed by atoms with van der Waals surface area (Å²) in [5, 5.41) is 7.81. The molecule has 3 unspecified atom stereocenters. The average Bonchev–Trinajstić information content (AvgIpc) is 3.55. The van der Waals surface area contributed by atoms with Gasteiger partial charge in [0.1, 0.15) is 23.6 Å². The van der Waals surface area contributed by atoms with Gasteiger partial charge in [-0.05, 0) is 66.4 Å². The molecule has 1 fully saturated rings. The van der Waals surface area contributed by atoms with Crippen LogP contribution in [-0.4, -0.2) is 66.4 Å². The number of carbonyl (C=O) groups is 2. The van der Waals surface area contributed by atoms with Gasteiger partial charge >= 0.3 is 5.97 Å². The van der Waals surface area contributed by atoms with Crippen LogP contribution < -0.4 is 14.8 Å². The number of piperidine rings is 1. The third-order valence-corrected chi connectivity index (χ3v) is 7.81. The van der Waals surface area contributed by atoms with Gasteiger partial charge in [0.05, 0.1) is 31.7 Å². The van der Waals surface area contributed by atoms with Crippen LogP contribution in [-0.2, 0) is 16.1 Å². The van der Waals surface area contributed by atoms with E-state index in [1.807, 2.05) is 54.2 Å². The topological polar surface area (TPSA) is 94.9 Å². The van der Waals surface area contributed by atoms with Crippen molar-refractivity contribution in [3.05, 3.63) is 102 Å². The highest BCUT2D eigenvalue weighted by Crippen LogP contribution is 2.32. The predicted octanol–water partition coefficient (Wildman–Crippen LogP) is 5.49. The Hall–Kier alpha value is -4.63. The number of aldehydes is 1. The normalized spacial score (nSPS) is 17.6. The van der Waals surface area contributed by atoms with E-state index in [1.165, 1.54) is 12.7 Å². The van der Waals surface area contributed by atoms with Crippen molar-refractivity contribution in [3.63, 3.8) is 0 Å². The van der Waals surface area contributed by atoms with Gasteiger partial charge in [0.25, 0.3) is 0 Å². The number of hydrogen-bond acceptors (Lipinski definition) is 8. The molecule has 1 aromatic heterocycles. The van der Waals surface area contributed by atoms with E-state index >= 15 is 0 Å². The molecule has 0 aliphatic carbocycles. The molecule has 9 heteroatoms. The molecule has 0 bridgehead atoms. The standard InChI is InChI=1S/C34H38N4O5/c1-4-32(34(40)42-3)36-28-10-15-33(26(16-28)23-39)43-31-17-25(20-37(22-31)19-24-8-6-5-7-9-24)27-18-35-38(21-27)29-11-13-30(41-2)14-12-29/h5-16,18,21,23,25,31-32,36H,4,17,19-20,22H2,1-3H3. The van der Waals surface area contributed by atoms with Crippen LogP contribution in [0.4, 0.5) is 5.69 Å². The van der Waals surface area contributed by atoms with Crippen LogP contribution in [0.1, 0.15) is 47.2 Å². The molecule has 1 N–H and O–H groups in total. The van der Waals surface area contributed by atoms with Crippen molar-refractivity contribution in [1.82, 2.24) is 14.7 Å². The Morgan fingerprint density at radius 2 is 1.86 bits per heavy atom. The van der Waals surface area contributed by atoms with E-state index in [4.69, 9.17) is 14.2 Å². The first-order valence-corrected chi connectivity index (χ1v) is 14.5. The highest BCUT2D eigenvalue weighted by molar-refractivity contribution is 5.83. The van der Waals surface area contributed by atoms with E-state index in [9.17, 15) is 9.59 Å². The summed E-state index contributed by atoms with van der Waals surface area (Å²) in [6.45, 7) is 4.27. The molecule has 3 aromatic carbocycles. The van der Waals surface area contributed by atoms with Gasteiger partial charge < -0.3 is 19.5 Å². The number of nitrogens with zero attached hydrogens (tertiary/aromatic N) is 3. The number of aromatic nitrogens is 2. The summed E-state index contributed by atoms with van der Waals surface area (Å²) < 4.78 is 18.6. The molecule has 1 aliphatic heterocycles. The second kappa shape index (κ2) is 14.0. The van der Waals surface area contributed by atoms with Gasteiger partial charge in [-0.15, -0.1) is 0 Å². The maximum atomic E-state index is 12.1. The second-order valence-electron chi connectivity index (χ2n) is 10.8. The fraction of sp³-hybridized carbons (Fsp3) is 0.324. The van der Waals surface area contributed by atoms with Crippen molar-refractivity contribution in [1.29, 1.82) is 0 Å². The number of anilines is 1. The van der Waals surface area contributed by atoms with Crippen LogP contribution in [0, 0.1) is 0 Å². The minimum Gasteiger partial charge on any atom is -0.497 e. The molecule has 43 heavy (non-hydrogen) atoms. The number of nitrogens with one attached hydrogen (secondary N) is 1. The molecule has 4 aromatic rings. The minimum absolute atomic E-state index is 0.150. The summed E-state index contributed by atoms with van der Waals surface area (Å²) in [5.74, 6) is 1.15. The van der Waals surface area contributed by atoms with E-state index in [-0.39, 0.29) is 18.0 Å². The van der Waals surface area contributed by atoms with E-state index in [0.29, 0.717) is 23.4 Å². The number of methoxy groups -OCH3 is 2. The van der Waals surface area contributed by atoms with E-state index < -0.39 is 6.04 Å². The SMILES string of the molecule is CCC(Nc1ccc(OC2CC(c3cnn(-c4ccc(OC)cc4)c3)CN(Cc3ccccc3)C2)c(C=O)c1)C(=O)OC. The first-order chi connectivity index (χ1) is 21.0. The zero-order valence-electron chi connectivity index (χ0n) is 24.8. The quantitative estimate of drug-likeness (QED) is 0.173. The molecule has 2 heterocycles. The van der Waals surface area contributed by atoms with Crippen LogP contribution >= 0.6 is 0 Å². The Morgan fingerprint density at radius 1 is 1.07 bits per heavy atom. The summed E-state index contributed by atoms with van der Waals surface area (Å²) in [6.07, 6.45) is 5.98. The number of rotatable bonds is 12. The molecule has 0 saturated carbocycles.